The zero-order chi connectivity index (χ0) is 13.0. The number of nitrogen functional groups attached to an aromatic ring is 1. The first-order valence-corrected chi connectivity index (χ1v) is 6.56. The molecule has 0 unspecified atom stereocenters. The number of aromatic nitrogens is 1. The number of unbranched alkanes of at least 4 members (excludes halogenated alkanes) is 1. The third-order valence-corrected chi connectivity index (χ3v) is 3.76. The normalized spacial score (nSPS) is 10.4. The Morgan fingerprint density at radius 3 is 3.17 bits per heavy atom. The number of nitrogens with zero attached hydrogens (tertiary/aromatic N) is 1. The number of hydrogen-bond donors (Lipinski definition) is 2. The van der Waals surface area contributed by atoms with E-state index in [1.807, 2.05) is 12.1 Å². The molecule has 94 valence electrons. The van der Waals surface area contributed by atoms with Gasteiger partial charge < -0.3 is 11.1 Å². The highest BCUT2D eigenvalue weighted by Gasteiger charge is 2.15. The zero-order valence-electron chi connectivity index (χ0n) is 9.98. The molecule has 0 atom stereocenters. The molecule has 0 radical (unpaired) electrons. The summed E-state index contributed by atoms with van der Waals surface area (Å²) in [7, 11) is 0. The summed E-state index contributed by atoms with van der Waals surface area (Å²) < 4.78 is 0.936. The minimum Gasteiger partial charge on any atom is -0.397 e. The van der Waals surface area contributed by atoms with Crippen LogP contribution in [0.1, 0.15) is 22.5 Å². The van der Waals surface area contributed by atoms with E-state index in [1.165, 1.54) is 11.3 Å². The predicted octanol–water partition coefficient (Wildman–Crippen LogP) is 2.57. The highest BCUT2D eigenvalue weighted by atomic mass is 32.1. The molecule has 2 aromatic rings. The Morgan fingerprint density at radius 1 is 1.61 bits per heavy atom. The quantitative estimate of drug-likeness (QED) is 0.642. The van der Waals surface area contributed by atoms with Crippen molar-refractivity contribution in [2.24, 2.45) is 0 Å². The van der Waals surface area contributed by atoms with Crippen LogP contribution in [0.5, 0.6) is 0 Å². The number of pyridine rings is 1. The molecule has 2 rings (SSSR count). The van der Waals surface area contributed by atoms with Gasteiger partial charge in [0.25, 0.3) is 5.91 Å². The number of rotatable bonds is 5. The van der Waals surface area contributed by atoms with E-state index in [0.29, 0.717) is 17.1 Å². The van der Waals surface area contributed by atoms with Gasteiger partial charge in [-0.05, 0) is 18.9 Å². The Bertz CT molecular complexity index is 577. The van der Waals surface area contributed by atoms with Crippen molar-refractivity contribution in [2.75, 3.05) is 12.3 Å². The first-order chi connectivity index (χ1) is 8.74. The van der Waals surface area contributed by atoms with Crippen LogP contribution in [0.2, 0.25) is 0 Å². The lowest BCUT2D eigenvalue weighted by Crippen LogP contribution is -2.24. The highest BCUT2D eigenvalue weighted by molar-refractivity contribution is 7.21. The minimum absolute atomic E-state index is 0.113. The molecule has 2 heterocycles. The lowest BCUT2D eigenvalue weighted by atomic mass is 10.2. The molecule has 18 heavy (non-hydrogen) atoms. The van der Waals surface area contributed by atoms with Crippen LogP contribution >= 0.6 is 11.3 Å². The molecule has 0 bridgehead atoms. The van der Waals surface area contributed by atoms with Crippen molar-refractivity contribution in [3.63, 3.8) is 0 Å². The summed E-state index contributed by atoms with van der Waals surface area (Å²) >= 11 is 1.38. The van der Waals surface area contributed by atoms with Gasteiger partial charge in [0.15, 0.2) is 0 Å². The second-order valence-corrected chi connectivity index (χ2v) is 4.96. The number of allylic oxidation sites excluding steroid dienone is 1. The molecule has 0 aliphatic carbocycles. The molecule has 3 N–H and O–H groups in total. The van der Waals surface area contributed by atoms with Crippen molar-refractivity contribution in [3.8, 4) is 0 Å². The number of thiophene rings is 1. The number of amides is 1. The highest BCUT2D eigenvalue weighted by Crippen LogP contribution is 2.32. The number of anilines is 1. The molecule has 0 fully saturated rings. The van der Waals surface area contributed by atoms with E-state index in [2.05, 4.69) is 16.9 Å². The van der Waals surface area contributed by atoms with E-state index in [9.17, 15) is 4.79 Å². The van der Waals surface area contributed by atoms with Gasteiger partial charge in [-0.25, -0.2) is 0 Å². The second kappa shape index (κ2) is 5.64. The monoisotopic (exact) mass is 261 g/mol. The summed E-state index contributed by atoms with van der Waals surface area (Å²) in [5, 5.41) is 3.75. The van der Waals surface area contributed by atoms with E-state index < -0.39 is 0 Å². The second-order valence-electron chi connectivity index (χ2n) is 3.90. The van der Waals surface area contributed by atoms with E-state index >= 15 is 0 Å². The molecule has 0 aliphatic heterocycles. The summed E-state index contributed by atoms with van der Waals surface area (Å²) in [6.45, 7) is 4.28. The molecule has 0 saturated carbocycles. The third-order valence-electron chi connectivity index (χ3n) is 2.61. The van der Waals surface area contributed by atoms with Crippen LogP contribution in [0.3, 0.4) is 0 Å². The van der Waals surface area contributed by atoms with Crippen molar-refractivity contribution in [1.82, 2.24) is 10.3 Å². The van der Waals surface area contributed by atoms with Crippen LogP contribution < -0.4 is 11.1 Å². The summed E-state index contributed by atoms with van der Waals surface area (Å²) in [6.07, 6.45) is 7.03. The Kier molecular flexibility index (Phi) is 3.94. The summed E-state index contributed by atoms with van der Waals surface area (Å²) in [5.41, 5.74) is 6.52. The smallest absolute Gasteiger partial charge is 0.263 e. The van der Waals surface area contributed by atoms with Gasteiger partial charge in [0.2, 0.25) is 0 Å². The molecule has 0 saturated heterocycles. The number of nitrogens with two attached hydrogens (primary N) is 1. The standard InChI is InChI=1S/C13H15N3OS/c1-2-3-4-6-16-13(17)12-11(14)9-5-7-15-8-10(9)18-12/h2,5,7-8H,1,3-4,6,14H2,(H,16,17). The van der Waals surface area contributed by atoms with Crippen molar-refractivity contribution < 1.29 is 4.79 Å². The van der Waals surface area contributed by atoms with Gasteiger partial charge in [-0.3, -0.25) is 9.78 Å². The van der Waals surface area contributed by atoms with Gasteiger partial charge in [-0.15, -0.1) is 17.9 Å². The lowest BCUT2D eigenvalue weighted by molar-refractivity contribution is 0.0958. The zero-order valence-corrected chi connectivity index (χ0v) is 10.8. The van der Waals surface area contributed by atoms with Crippen LogP contribution in [0.15, 0.2) is 31.1 Å². The van der Waals surface area contributed by atoms with Crippen LogP contribution in [0, 0.1) is 0 Å². The topological polar surface area (TPSA) is 68.0 Å². The van der Waals surface area contributed by atoms with E-state index in [1.54, 1.807) is 12.4 Å². The molecule has 0 spiro atoms. The molecule has 4 nitrogen and oxygen atoms in total. The average molecular weight is 261 g/mol. The molecule has 0 aliphatic rings. The minimum atomic E-state index is -0.113. The Labute approximate surface area is 110 Å². The third kappa shape index (κ3) is 2.51. The molecular formula is C13H15N3OS. The van der Waals surface area contributed by atoms with Gasteiger partial charge in [-0.2, -0.15) is 0 Å². The number of nitrogens with one attached hydrogen (secondary N) is 1. The molecule has 5 heteroatoms. The maximum absolute atomic E-state index is 12.0. The SMILES string of the molecule is C=CCCCNC(=O)c1sc2cnccc2c1N. The summed E-state index contributed by atoms with van der Waals surface area (Å²) in [6, 6.07) is 1.83. The van der Waals surface area contributed by atoms with Crippen LogP contribution in [0.25, 0.3) is 10.1 Å². The van der Waals surface area contributed by atoms with E-state index in [4.69, 9.17) is 5.73 Å². The number of hydrogen-bond acceptors (Lipinski definition) is 4. The number of carbonyl (C=O) groups excluding carboxylic acids is 1. The van der Waals surface area contributed by atoms with Crippen molar-refractivity contribution in [3.05, 3.63) is 36.0 Å². The number of carbonyl (C=O) groups is 1. The Morgan fingerprint density at radius 2 is 2.44 bits per heavy atom. The van der Waals surface area contributed by atoms with Gasteiger partial charge in [0, 0.05) is 24.3 Å². The lowest BCUT2D eigenvalue weighted by Gasteiger charge is -2.02. The fourth-order valence-corrected chi connectivity index (χ4v) is 2.67. The summed E-state index contributed by atoms with van der Waals surface area (Å²) in [5.74, 6) is -0.113. The predicted molar refractivity (Wildman–Crippen MR) is 75.8 cm³/mol. The fourth-order valence-electron chi connectivity index (χ4n) is 1.67. The number of fused-ring (bicyclic) bond motifs is 1. The largest absolute Gasteiger partial charge is 0.397 e. The van der Waals surface area contributed by atoms with Crippen molar-refractivity contribution >= 4 is 33.0 Å². The first kappa shape index (κ1) is 12.6. The Hall–Kier alpha value is -1.88. The average Bonchev–Trinajstić information content (AvgIpc) is 2.73. The molecular weight excluding hydrogens is 246 g/mol. The summed E-state index contributed by atoms with van der Waals surface area (Å²) in [4.78, 5) is 16.6. The fraction of sp³-hybridized carbons (Fsp3) is 0.231. The van der Waals surface area contributed by atoms with Crippen LogP contribution in [-0.4, -0.2) is 17.4 Å². The van der Waals surface area contributed by atoms with Gasteiger partial charge in [0.1, 0.15) is 4.88 Å². The van der Waals surface area contributed by atoms with Gasteiger partial charge in [-0.1, -0.05) is 6.08 Å². The first-order valence-electron chi connectivity index (χ1n) is 5.75. The molecule has 2 aromatic heterocycles. The van der Waals surface area contributed by atoms with Crippen LogP contribution in [0.4, 0.5) is 5.69 Å². The van der Waals surface area contributed by atoms with E-state index in [-0.39, 0.29) is 5.91 Å². The molecule has 0 aromatic carbocycles. The van der Waals surface area contributed by atoms with Gasteiger partial charge >= 0.3 is 0 Å². The van der Waals surface area contributed by atoms with Gasteiger partial charge in [0.05, 0.1) is 10.4 Å². The van der Waals surface area contributed by atoms with Crippen molar-refractivity contribution in [2.45, 2.75) is 12.8 Å². The maximum atomic E-state index is 12.0. The maximum Gasteiger partial charge on any atom is 0.263 e. The molecule has 1 amide bonds. The van der Waals surface area contributed by atoms with E-state index in [0.717, 1.165) is 22.9 Å². The van der Waals surface area contributed by atoms with Crippen LogP contribution in [-0.2, 0) is 0 Å². The van der Waals surface area contributed by atoms with Crippen molar-refractivity contribution in [1.29, 1.82) is 0 Å². The Balaban J connectivity index is 2.13.